The highest BCUT2D eigenvalue weighted by atomic mass is 35.5. The minimum atomic E-state index is -4.07. The Balaban J connectivity index is 1.89. The zero-order valence-corrected chi connectivity index (χ0v) is 18.8. The Hall–Kier alpha value is -3.03. The molecule has 8 heteroatoms. The molecule has 0 unspecified atom stereocenters. The first kappa shape index (κ1) is 22.7. The van der Waals surface area contributed by atoms with E-state index in [4.69, 9.17) is 16.3 Å². The van der Waals surface area contributed by atoms with Gasteiger partial charge in [0.2, 0.25) is 5.91 Å². The average Bonchev–Trinajstić information content (AvgIpc) is 2.77. The van der Waals surface area contributed by atoms with Crippen LogP contribution in [0.5, 0.6) is 5.75 Å². The van der Waals surface area contributed by atoms with Crippen LogP contribution in [-0.2, 0) is 21.4 Å². The Morgan fingerprint density at radius 2 is 1.71 bits per heavy atom. The van der Waals surface area contributed by atoms with Crippen molar-refractivity contribution < 1.29 is 17.9 Å². The molecule has 0 atom stereocenters. The fourth-order valence-corrected chi connectivity index (χ4v) is 4.79. The first-order valence-corrected chi connectivity index (χ1v) is 11.4. The highest BCUT2D eigenvalue weighted by Crippen LogP contribution is 2.30. The van der Waals surface area contributed by atoms with Gasteiger partial charge in [0, 0.05) is 11.6 Å². The highest BCUT2D eigenvalue weighted by Gasteiger charge is 2.30. The summed E-state index contributed by atoms with van der Waals surface area (Å²) in [6.45, 7) is 1.67. The van der Waals surface area contributed by atoms with Crippen molar-refractivity contribution in [2.75, 3.05) is 18.0 Å². The quantitative estimate of drug-likeness (QED) is 0.549. The van der Waals surface area contributed by atoms with Crippen LogP contribution in [0.15, 0.2) is 77.7 Å². The molecule has 1 amide bonds. The van der Waals surface area contributed by atoms with Crippen LogP contribution in [0.2, 0.25) is 5.02 Å². The van der Waals surface area contributed by atoms with E-state index in [9.17, 15) is 13.2 Å². The Kier molecular flexibility index (Phi) is 7.20. The van der Waals surface area contributed by atoms with Crippen molar-refractivity contribution in [2.45, 2.75) is 18.4 Å². The predicted octanol–water partition coefficient (Wildman–Crippen LogP) is 4.17. The number of sulfonamides is 1. The molecule has 0 aliphatic carbocycles. The van der Waals surface area contributed by atoms with Crippen molar-refractivity contribution in [3.63, 3.8) is 0 Å². The van der Waals surface area contributed by atoms with E-state index in [1.165, 1.54) is 13.2 Å². The van der Waals surface area contributed by atoms with Crippen LogP contribution < -0.4 is 14.4 Å². The van der Waals surface area contributed by atoms with Gasteiger partial charge >= 0.3 is 0 Å². The number of carbonyl (C=O) groups is 1. The summed E-state index contributed by atoms with van der Waals surface area (Å²) in [7, 11) is -2.66. The van der Waals surface area contributed by atoms with E-state index in [1.54, 1.807) is 73.7 Å². The molecule has 0 bridgehead atoms. The number of hydrogen-bond donors (Lipinski definition) is 1. The first-order chi connectivity index (χ1) is 14.8. The standard InChI is InChI=1S/C23H23ClN2O4S/c1-17-8-13-21(30-2)22(14-17)31(28,29)26(20-6-4-3-5-7-20)16-23(27)25-15-18-9-11-19(24)12-10-18/h3-14H,15-16H2,1-2H3,(H,25,27). The maximum absolute atomic E-state index is 13.6. The average molecular weight is 459 g/mol. The molecular formula is C23H23ClN2O4S. The van der Waals surface area contributed by atoms with Crippen molar-refractivity contribution in [1.82, 2.24) is 5.32 Å². The number of anilines is 1. The van der Waals surface area contributed by atoms with Crippen LogP contribution in [0, 0.1) is 6.92 Å². The second kappa shape index (κ2) is 9.85. The van der Waals surface area contributed by atoms with Crippen LogP contribution in [0.3, 0.4) is 0 Å². The van der Waals surface area contributed by atoms with E-state index in [0.717, 1.165) is 15.4 Å². The van der Waals surface area contributed by atoms with Gasteiger partial charge in [-0.15, -0.1) is 0 Å². The maximum Gasteiger partial charge on any atom is 0.268 e. The lowest BCUT2D eigenvalue weighted by Crippen LogP contribution is -2.40. The molecule has 3 aromatic rings. The van der Waals surface area contributed by atoms with Crippen molar-refractivity contribution >= 4 is 33.2 Å². The molecular weight excluding hydrogens is 436 g/mol. The summed E-state index contributed by atoms with van der Waals surface area (Å²) in [6.07, 6.45) is 0. The summed E-state index contributed by atoms with van der Waals surface area (Å²) in [4.78, 5) is 12.7. The maximum atomic E-state index is 13.6. The van der Waals surface area contributed by atoms with Gasteiger partial charge in [0.05, 0.1) is 12.8 Å². The van der Waals surface area contributed by atoms with Crippen molar-refractivity contribution in [3.05, 3.63) is 88.9 Å². The minimum Gasteiger partial charge on any atom is -0.495 e. The van der Waals surface area contributed by atoms with Gasteiger partial charge in [-0.1, -0.05) is 48.0 Å². The number of rotatable bonds is 8. The zero-order chi connectivity index (χ0) is 22.4. The third-order valence-corrected chi connectivity index (χ3v) is 6.67. The lowest BCUT2D eigenvalue weighted by atomic mass is 10.2. The number of halogens is 1. The van der Waals surface area contributed by atoms with Crippen LogP contribution in [0.1, 0.15) is 11.1 Å². The number of nitrogens with zero attached hydrogens (tertiary/aromatic N) is 1. The van der Waals surface area contributed by atoms with Gasteiger partial charge in [0.15, 0.2) is 0 Å². The van der Waals surface area contributed by atoms with Gasteiger partial charge in [-0.3, -0.25) is 9.10 Å². The molecule has 162 valence electrons. The minimum absolute atomic E-state index is 0.00403. The van der Waals surface area contributed by atoms with Crippen molar-refractivity contribution in [1.29, 1.82) is 0 Å². The van der Waals surface area contributed by atoms with E-state index in [2.05, 4.69) is 5.32 Å². The van der Waals surface area contributed by atoms with E-state index in [1.807, 2.05) is 0 Å². The second-order valence-corrected chi connectivity index (χ2v) is 9.17. The third kappa shape index (κ3) is 5.57. The van der Waals surface area contributed by atoms with Crippen molar-refractivity contribution in [2.24, 2.45) is 0 Å². The van der Waals surface area contributed by atoms with Gasteiger partial charge in [-0.05, 0) is 54.4 Å². The normalized spacial score (nSPS) is 11.1. The molecule has 0 aliphatic rings. The molecule has 1 N–H and O–H groups in total. The van der Waals surface area contributed by atoms with E-state index in [0.29, 0.717) is 10.7 Å². The number of hydrogen-bond acceptors (Lipinski definition) is 4. The van der Waals surface area contributed by atoms with Crippen molar-refractivity contribution in [3.8, 4) is 5.75 Å². The summed E-state index contributed by atoms with van der Waals surface area (Å²) in [5, 5.41) is 3.36. The lowest BCUT2D eigenvalue weighted by Gasteiger charge is -2.25. The molecule has 3 aromatic carbocycles. The molecule has 0 spiro atoms. The molecule has 3 rings (SSSR count). The Bertz CT molecular complexity index is 1150. The molecule has 0 aromatic heterocycles. The number of methoxy groups -OCH3 is 1. The molecule has 0 fully saturated rings. The lowest BCUT2D eigenvalue weighted by molar-refractivity contribution is -0.119. The fraction of sp³-hybridized carbons (Fsp3) is 0.174. The Morgan fingerprint density at radius 1 is 1.03 bits per heavy atom. The number of nitrogens with one attached hydrogen (secondary N) is 1. The van der Waals surface area contributed by atoms with Gasteiger partial charge in [0.25, 0.3) is 10.0 Å². The van der Waals surface area contributed by atoms with Crippen LogP contribution in [0.25, 0.3) is 0 Å². The molecule has 0 aliphatic heterocycles. The molecule has 0 saturated carbocycles. The van der Waals surface area contributed by atoms with Gasteiger partial charge in [-0.25, -0.2) is 8.42 Å². The molecule has 0 radical (unpaired) electrons. The number of ether oxygens (including phenoxy) is 1. The van der Waals surface area contributed by atoms with Crippen LogP contribution in [-0.4, -0.2) is 28.0 Å². The SMILES string of the molecule is COc1ccc(C)cc1S(=O)(=O)N(CC(=O)NCc1ccc(Cl)cc1)c1ccccc1. The summed E-state index contributed by atoms with van der Waals surface area (Å²) >= 11 is 5.88. The number of para-hydroxylation sites is 1. The largest absolute Gasteiger partial charge is 0.495 e. The monoisotopic (exact) mass is 458 g/mol. The van der Waals surface area contributed by atoms with Crippen LogP contribution in [0.4, 0.5) is 5.69 Å². The van der Waals surface area contributed by atoms with E-state index >= 15 is 0 Å². The zero-order valence-electron chi connectivity index (χ0n) is 17.2. The third-order valence-electron chi connectivity index (χ3n) is 4.62. The van der Waals surface area contributed by atoms with Gasteiger partial charge < -0.3 is 10.1 Å². The number of benzene rings is 3. The number of carbonyl (C=O) groups excluding carboxylic acids is 1. The predicted molar refractivity (Wildman–Crippen MR) is 122 cm³/mol. The second-order valence-electron chi connectivity index (χ2n) is 6.90. The first-order valence-electron chi connectivity index (χ1n) is 9.55. The topological polar surface area (TPSA) is 75.7 Å². The highest BCUT2D eigenvalue weighted by molar-refractivity contribution is 7.93. The Labute approximate surface area is 187 Å². The summed E-state index contributed by atoms with van der Waals surface area (Å²) < 4.78 is 33.5. The van der Waals surface area contributed by atoms with E-state index < -0.39 is 15.9 Å². The fourth-order valence-electron chi connectivity index (χ4n) is 3.00. The molecule has 0 saturated heterocycles. The van der Waals surface area contributed by atoms with Crippen LogP contribution >= 0.6 is 11.6 Å². The molecule has 0 heterocycles. The summed E-state index contributed by atoms with van der Waals surface area (Å²) in [5.41, 5.74) is 2.00. The van der Waals surface area contributed by atoms with Gasteiger partial charge in [-0.2, -0.15) is 0 Å². The Morgan fingerprint density at radius 3 is 2.35 bits per heavy atom. The smallest absolute Gasteiger partial charge is 0.268 e. The molecule has 6 nitrogen and oxygen atoms in total. The number of aryl methyl sites for hydroxylation is 1. The molecule has 31 heavy (non-hydrogen) atoms. The van der Waals surface area contributed by atoms with Gasteiger partial charge in [0.1, 0.15) is 17.2 Å². The van der Waals surface area contributed by atoms with E-state index in [-0.39, 0.29) is 23.7 Å². The summed E-state index contributed by atoms with van der Waals surface area (Å²) in [5.74, 6) is -0.220. The summed E-state index contributed by atoms with van der Waals surface area (Å²) in [6, 6.07) is 20.5. The number of amides is 1.